The van der Waals surface area contributed by atoms with E-state index in [-0.39, 0.29) is 24.0 Å². The van der Waals surface area contributed by atoms with Crippen LogP contribution in [-0.2, 0) is 6.54 Å². The molecule has 174 valence electrons. The molecule has 4 rings (SSSR count). The molecular formula is C22H27N7O4. The lowest BCUT2D eigenvalue weighted by molar-refractivity contribution is 0.0895. The topological polar surface area (TPSA) is 128 Å². The molecule has 2 aromatic heterocycles. The fourth-order valence-electron chi connectivity index (χ4n) is 3.96. The zero-order valence-electron chi connectivity index (χ0n) is 18.7. The number of carbonyl (C=O) groups excluding carboxylic acids is 1. The van der Waals surface area contributed by atoms with Gasteiger partial charge in [0.1, 0.15) is 0 Å². The first-order chi connectivity index (χ1) is 16.0. The maximum atomic E-state index is 12.8. The molecule has 0 spiro atoms. The van der Waals surface area contributed by atoms with Gasteiger partial charge in [-0.25, -0.2) is 4.79 Å². The van der Waals surface area contributed by atoms with Crippen LogP contribution in [0.1, 0.15) is 43.8 Å². The lowest BCUT2D eigenvalue weighted by atomic mass is 10.0. The first-order valence-electron chi connectivity index (χ1n) is 11.2. The largest absolute Gasteiger partial charge is 0.352 e. The van der Waals surface area contributed by atoms with Gasteiger partial charge in [0.2, 0.25) is 5.82 Å². The van der Waals surface area contributed by atoms with Crippen molar-refractivity contribution in [2.24, 2.45) is 0 Å². The monoisotopic (exact) mass is 453 g/mol. The summed E-state index contributed by atoms with van der Waals surface area (Å²) in [6.07, 6.45) is 3.56. The molecule has 1 aromatic carbocycles. The summed E-state index contributed by atoms with van der Waals surface area (Å²) in [5.41, 5.74) is -0.919. The van der Waals surface area contributed by atoms with E-state index in [9.17, 15) is 14.4 Å². The van der Waals surface area contributed by atoms with Crippen LogP contribution in [0, 0.1) is 0 Å². The molecule has 1 atom stereocenters. The first kappa shape index (κ1) is 22.6. The van der Waals surface area contributed by atoms with Crippen LogP contribution in [-0.4, -0.2) is 61.0 Å². The van der Waals surface area contributed by atoms with E-state index in [1.54, 1.807) is 37.3 Å². The predicted octanol–water partition coefficient (Wildman–Crippen LogP) is 1.07. The van der Waals surface area contributed by atoms with E-state index in [4.69, 9.17) is 4.52 Å². The molecule has 1 saturated heterocycles. The van der Waals surface area contributed by atoms with Gasteiger partial charge in [-0.05, 0) is 45.4 Å². The van der Waals surface area contributed by atoms with Gasteiger partial charge in [0.05, 0.1) is 5.69 Å². The summed E-state index contributed by atoms with van der Waals surface area (Å²) in [7, 11) is 0. The van der Waals surface area contributed by atoms with Crippen LogP contribution in [0.2, 0.25) is 0 Å². The molecular weight excluding hydrogens is 426 g/mol. The van der Waals surface area contributed by atoms with Crippen molar-refractivity contribution in [1.29, 1.82) is 0 Å². The third-order valence-electron chi connectivity index (χ3n) is 5.83. The molecule has 1 fully saturated rings. The Bertz CT molecular complexity index is 1230. The summed E-state index contributed by atoms with van der Waals surface area (Å²) in [4.78, 5) is 44.4. The molecule has 3 aromatic rings. The minimum Gasteiger partial charge on any atom is -0.347 e. The van der Waals surface area contributed by atoms with Crippen molar-refractivity contribution in [3.8, 4) is 17.2 Å². The maximum absolute atomic E-state index is 12.8. The number of rotatable bonds is 7. The number of hydrogen-bond donors (Lipinski definition) is 1. The number of nitrogens with one attached hydrogen (secondary N) is 1. The second-order valence-electron chi connectivity index (χ2n) is 7.99. The van der Waals surface area contributed by atoms with Crippen molar-refractivity contribution in [3.63, 3.8) is 0 Å². The maximum Gasteiger partial charge on any atom is 0.352 e. The van der Waals surface area contributed by atoms with E-state index in [1.807, 2.05) is 0 Å². The Morgan fingerprint density at radius 3 is 2.73 bits per heavy atom. The van der Waals surface area contributed by atoms with E-state index < -0.39 is 17.2 Å². The molecule has 0 bridgehead atoms. The van der Waals surface area contributed by atoms with Gasteiger partial charge in [-0.15, -0.1) is 0 Å². The minimum atomic E-state index is -0.651. The summed E-state index contributed by atoms with van der Waals surface area (Å²) in [6, 6.07) is 9.21. The number of amides is 1. The first-order valence-corrected chi connectivity index (χ1v) is 11.2. The van der Waals surface area contributed by atoms with Crippen LogP contribution < -0.4 is 16.6 Å². The van der Waals surface area contributed by atoms with Gasteiger partial charge in [0.15, 0.2) is 5.69 Å². The normalized spacial score (nSPS) is 16.6. The fourth-order valence-corrected chi connectivity index (χ4v) is 3.96. The number of hydrogen-bond acceptors (Lipinski definition) is 8. The van der Waals surface area contributed by atoms with Gasteiger partial charge in [-0.3, -0.25) is 19.1 Å². The van der Waals surface area contributed by atoms with Crippen LogP contribution in [0.15, 0.2) is 44.4 Å². The molecule has 1 N–H and O–H groups in total. The Morgan fingerprint density at radius 1 is 1.21 bits per heavy atom. The standard InChI is InChI=1S/C22H27N7O4/c1-3-28-21(31)17(25-29(22(28)32)16-10-5-4-6-11-16)18-24-20(33-26-18)19(30)23-12-14-27-13-8-7-9-15(27)2/h4-6,10-11,15H,3,7-9,12-14H2,1-2H3,(H,23,30)/t15-/m1/s1. The second kappa shape index (κ2) is 9.90. The molecule has 11 heteroatoms. The van der Waals surface area contributed by atoms with Crippen molar-refractivity contribution in [2.45, 2.75) is 45.7 Å². The highest BCUT2D eigenvalue weighted by molar-refractivity contribution is 5.89. The predicted molar refractivity (Wildman–Crippen MR) is 120 cm³/mol. The number of nitrogens with zero attached hydrogens (tertiary/aromatic N) is 6. The van der Waals surface area contributed by atoms with Crippen molar-refractivity contribution in [2.75, 3.05) is 19.6 Å². The van der Waals surface area contributed by atoms with Crippen molar-refractivity contribution in [1.82, 2.24) is 34.7 Å². The SMILES string of the molecule is CCn1c(=O)c(-c2noc(C(=O)NCCN3CCCC[C@H]3C)n2)nn(-c2ccccc2)c1=O. The summed E-state index contributed by atoms with van der Waals surface area (Å²) in [5.74, 6) is -0.939. The number of piperidine rings is 1. The van der Waals surface area contributed by atoms with Crippen LogP contribution in [0.4, 0.5) is 0 Å². The number of para-hydroxylation sites is 1. The lowest BCUT2D eigenvalue weighted by Gasteiger charge is -2.33. The zero-order chi connectivity index (χ0) is 23.4. The van der Waals surface area contributed by atoms with Gasteiger partial charge in [-0.2, -0.15) is 14.8 Å². The average Bonchev–Trinajstić information content (AvgIpc) is 3.31. The zero-order valence-corrected chi connectivity index (χ0v) is 18.7. The third-order valence-corrected chi connectivity index (χ3v) is 5.83. The molecule has 1 aliphatic heterocycles. The quantitative estimate of drug-likeness (QED) is 0.563. The highest BCUT2D eigenvalue weighted by Crippen LogP contribution is 2.15. The Kier molecular flexibility index (Phi) is 6.78. The molecule has 0 radical (unpaired) electrons. The molecule has 33 heavy (non-hydrogen) atoms. The Labute approximate surface area is 190 Å². The fraction of sp³-hybridized carbons (Fsp3) is 0.455. The average molecular weight is 454 g/mol. The van der Waals surface area contributed by atoms with Gasteiger partial charge in [0, 0.05) is 25.7 Å². The highest BCUT2D eigenvalue weighted by atomic mass is 16.5. The van der Waals surface area contributed by atoms with E-state index in [2.05, 4.69) is 32.4 Å². The molecule has 0 aliphatic carbocycles. The summed E-state index contributed by atoms with van der Waals surface area (Å²) in [5, 5.41) is 10.7. The van der Waals surface area contributed by atoms with Crippen LogP contribution >= 0.6 is 0 Å². The molecule has 1 aliphatic rings. The Morgan fingerprint density at radius 2 is 2.00 bits per heavy atom. The van der Waals surface area contributed by atoms with Crippen LogP contribution in [0.3, 0.4) is 0 Å². The molecule has 1 amide bonds. The second-order valence-corrected chi connectivity index (χ2v) is 7.99. The summed E-state index contributed by atoms with van der Waals surface area (Å²) in [6.45, 7) is 6.21. The van der Waals surface area contributed by atoms with Crippen molar-refractivity contribution < 1.29 is 9.32 Å². The molecule has 3 heterocycles. The molecule has 0 saturated carbocycles. The number of carbonyl (C=O) groups is 1. The lowest BCUT2D eigenvalue weighted by Crippen LogP contribution is -2.42. The Hall–Kier alpha value is -3.60. The van der Waals surface area contributed by atoms with E-state index in [0.29, 0.717) is 18.3 Å². The van der Waals surface area contributed by atoms with Crippen LogP contribution in [0.5, 0.6) is 0 Å². The third kappa shape index (κ3) is 4.77. The van der Waals surface area contributed by atoms with E-state index >= 15 is 0 Å². The van der Waals surface area contributed by atoms with Gasteiger partial charge < -0.3 is 9.84 Å². The van der Waals surface area contributed by atoms with Crippen molar-refractivity contribution >= 4 is 5.91 Å². The van der Waals surface area contributed by atoms with Crippen LogP contribution in [0.25, 0.3) is 17.2 Å². The minimum absolute atomic E-state index is 0.139. The number of aromatic nitrogens is 5. The number of likely N-dealkylation sites (tertiary alicyclic amines) is 1. The van der Waals surface area contributed by atoms with E-state index in [1.165, 1.54) is 12.8 Å². The van der Waals surface area contributed by atoms with E-state index in [0.717, 1.165) is 28.8 Å². The van der Waals surface area contributed by atoms with Gasteiger partial charge in [-0.1, -0.05) is 29.8 Å². The summed E-state index contributed by atoms with van der Waals surface area (Å²) < 4.78 is 7.23. The summed E-state index contributed by atoms with van der Waals surface area (Å²) >= 11 is 0. The highest BCUT2D eigenvalue weighted by Gasteiger charge is 2.23. The molecule has 11 nitrogen and oxygen atoms in total. The van der Waals surface area contributed by atoms with Gasteiger partial charge >= 0.3 is 17.5 Å². The molecule has 0 unspecified atom stereocenters. The van der Waals surface area contributed by atoms with Gasteiger partial charge in [0.25, 0.3) is 5.56 Å². The Balaban J connectivity index is 1.54. The smallest absolute Gasteiger partial charge is 0.347 e. The van der Waals surface area contributed by atoms with Crippen molar-refractivity contribution in [3.05, 3.63) is 57.1 Å². The number of benzene rings is 1.